The van der Waals surface area contributed by atoms with Crippen molar-refractivity contribution < 1.29 is 9.53 Å². The van der Waals surface area contributed by atoms with Crippen molar-refractivity contribution in [2.75, 3.05) is 6.61 Å². The first kappa shape index (κ1) is 12.5. The van der Waals surface area contributed by atoms with Crippen molar-refractivity contribution in [3.63, 3.8) is 0 Å². The van der Waals surface area contributed by atoms with E-state index in [1.54, 1.807) is 0 Å². The molecule has 0 radical (unpaired) electrons. The summed E-state index contributed by atoms with van der Waals surface area (Å²) >= 11 is 0. The fourth-order valence-corrected chi connectivity index (χ4v) is 1.35. The summed E-state index contributed by atoms with van der Waals surface area (Å²) in [5.74, 6) is -0.269. The summed E-state index contributed by atoms with van der Waals surface area (Å²) in [7, 11) is 0. The number of carbonyl (C=O) groups is 1. The number of ether oxygens (including phenoxy) is 1. The molecule has 1 aliphatic carbocycles. The van der Waals surface area contributed by atoms with E-state index in [2.05, 4.69) is 12.2 Å². The van der Waals surface area contributed by atoms with Gasteiger partial charge in [-0.15, -0.1) is 0 Å². The monoisotopic (exact) mass is 214 g/mol. The van der Waals surface area contributed by atoms with Crippen molar-refractivity contribution in [2.45, 2.75) is 57.7 Å². The van der Waals surface area contributed by atoms with E-state index < -0.39 is 0 Å². The Labute approximate surface area is 91.5 Å². The van der Waals surface area contributed by atoms with Crippen molar-refractivity contribution in [3.05, 3.63) is 0 Å². The van der Waals surface area contributed by atoms with E-state index in [1.807, 2.05) is 6.92 Å². The molecule has 1 amide bonds. The molecule has 0 aromatic rings. The molecule has 0 heterocycles. The minimum absolute atomic E-state index is 0.221. The number of nitrogens with two attached hydrogens (primary N) is 1. The van der Waals surface area contributed by atoms with Crippen LogP contribution in [-0.2, 0) is 9.53 Å². The Morgan fingerprint density at radius 3 is 2.73 bits per heavy atom. The molecule has 1 saturated carbocycles. The lowest BCUT2D eigenvalue weighted by Crippen LogP contribution is -2.43. The molecule has 1 fully saturated rings. The van der Waals surface area contributed by atoms with Crippen molar-refractivity contribution >= 4 is 5.91 Å². The quantitative estimate of drug-likeness (QED) is 0.628. The van der Waals surface area contributed by atoms with E-state index in [-0.39, 0.29) is 18.1 Å². The van der Waals surface area contributed by atoms with Gasteiger partial charge in [0.05, 0.1) is 12.1 Å². The summed E-state index contributed by atoms with van der Waals surface area (Å²) in [4.78, 5) is 11.1. The fraction of sp³-hybridized carbons (Fsp3) is 0.909. The predicted octanol–water partition coefficient (Wildman–Crippen LogP) is 0.798. The largest absolute Gasteiger partial charge is 0.378 e. The van der Waals surface area contributed by atoms with Gasteiger partial charge in [0.25, 0.3) is 0 Å². The molecular formula is C11H22N2O2. The first-order valence-corrected chi connectivity index (χ1v) is 5.80. The summed E-state index contributed by atoms with van der Waals surface area (Å²) in [6.07, 6.45) is 4.26. The molecule has 1 rings (SSSR count). The summed E-state index contributed by atoms with van der Waals surface area (Å²) in [5.41, 5.74) is 5.31. The van der Waals surface area contributed by atoms with Gasteiger partial charge in [-0.05, 0) is 32.6 Å². The average molecular weight is 214 g/mol. The SMILES string of the molecule is CCC(C)OCCC(NC1CC1)C(N)=O. The highest BCUT2D eigenvalue weighted by Gasteiger charge is 2.26. The Morgan fingerprint density at radius 2 is 2.27 bits per heavy atom. The zero-order valence-electron chi connectivity index (χ0n) is 9.66. The second-order valence-corrected chi connectivity index (χ2v) is 4.27. The van der Waals surface area contributed by atoms with Gasteiger partial charge in [-0.3, -0.25) is 4.79 Å². The van der Waals surface area contributed by atoms with Gasteiger partial charge >= 0.3 is 0 Å². The maximum Gasteiger partial charge on any atom is 0.234 e. The molecule has 15 heavy (non-hydrogen) atoms. The second kappa shape index (κ2) is 6.08. The molecular weight excluding hydrogens is 192 g/mol. The molecule has 0 aliphatic heterocycles. The molecule has 2 unspecified atom stereocenters. The summed E-state index contributed by atoms with van der Waals surface area (Å²) in [6, 6.07) is 0.285. The number of rotatable bonds is 8. The third-order valence-electron chi connectivity index (χ3n) is 2.74. The van der Waals surface area contributed by atoms with Gasteiger partial charge < -0.3 is 15.8 Å². The predicted molar refractivity (Wildman–Crippen MR) is 59.5 cm³/mol. The fourth-order valence-electron chi connectivity index (χ4n) is 1.35. The van der Waals surface area contributed by atoms with E-state index in [1.165, 1.54) is 0 Å². The number of hydrogen-bond acceptors (Lipinski definition) is 3. The standard InChI is InChI=1S/C11H22N2O2/c1-3-8(2)15-7-6-10(11(12)14)13-9-4-5-9/h8-10,13H,3-7H2,1-2H3,(H2,12,14). The van der Waals surface area contributed by atoms with Gasteiger partial charge in [-0.1, -0.05) is 6.92 Å². The Morgan fingerprint density at radius 1 is 1.60 bits per heavy atom. The minimum atomic E-state index is -0.269. The highest BCUT2D eigenvalue weighted by molar-refractivity contribution is 5.79. The zero-order valence-corrected chi connectivity index (χ0v) is 9.66. The molecule has 1 aliphatic rings. The van der Waals surface area contributed by atoms with Crippen LogP contribution in [0.15, 0.2) is 0 Å². The molecule has 0 spiro atoms. The first-order chi connectivity index (χ1) is 7.13. The van der Waals surface area contributed by atoms with Crippen LogP contribution >= 0.6 is 0 Å². The molecule has 2 atom stereocenters. The van der Waals surface area contributed by atoms with Crippen LogP contribution < -0.4 is 11.1 Å². The molecule has 0 aromatic carbocycles. The Bertz CT molecular complexity index is 205. The third kappa shape index (κ3) is 5.14. The Balaban J connectivity index is 2.15. The number of carbonyl (C=O) groups excluding carboxylic acids is 1. The van der Waals surface area contributed by atoms with Crippen molar-refractivity contribution in [2.24, 2.45) is 5.73 Å². The van der Waals surface area contributed by atoms with Gasteiger partial charge in [-0.25, -0.2) is 0 Å². The number of amides is 1. The van der Waals surface area contributed by atoms with E-state index in [0.717, 1.165) is 19.3 Å². The smallest absolute Gasteiger partial charge is 0.234 e. The van der Waals surface area contributed by atoms with Crippen molar-refractivity contribution in [1.82, 2.24) is 5.32 Å². The average Bonchev–Trinajstić information content (AvgIpc) is 2.99. The molecule has 0 aromatic heterocycles. The minimum Gasteiger partial charge on any atom is -0.378 e. The molecule has 4 heteroatoms. The van der Waals surface area contributed by atoms with Gasteiger partial charge in [0.2, 0.25) is 5.91 Å². The van der Waals surface area contributed by atoms with Crippen LogP contribution in [0.25, 0.3) is 0 Å². The third-order valence-corrected chi connectivity index (χ3v) is 2.74. The van der Waals surface area contributed by atoms with Crippen molar-refractivity contribution in [3.8, 4) is 0 Å². The van der Waals surface area contributed by atoms with Gasteiger partial charge in [0, 0.05) is 12.6 Å². The number of hydrogen-bond donors (Lipinski definition) is 2. The number of primary amides is 1. The molecule has 0 saturated heterocycles. The van der Waals surface area contributed by atoms with Crippen molar-refractivity contribution in [1.29, 1.82) is 0 Å². The second-order valence-electron chi connectivity index (χ2n) is 4.27. The zero-order chi connectivity index (χ0) is 11.3. The van der Waals surface area contributed by atoms with Crippen LogP contribution in [0.1, 0.15) is 39.5 Å². The molecule has 4 nitrogen and oxygen atoms in total. The van der Waals surface area contributed by atoms with Crippen LogP contribution in [-0.4, -0.2) is 30.7 Å². The number of nitrogens with one attached hydrogen (secondary N) is 1. The van der Waals surface area contributed by atoms with Gasteiger partial charge in [-0.2, -0.15) is 0 Å². The van der Waals surface area contributed by atoms with E-state index in [9.17, 15) is 4.79 Å². The van der Waals surface area contributed by atoms with E-state index >= 15 is 0 Å². The summed E-state index contributed by atoms with van der Waals surface area (Å²) < 4.78 is 5.53. The van der Waals surface area contributed by atoms with Gasteiger partial charge in [0.15, 0.2) is 0 Å². The van der Waals surface area contributed by atoms with Gasteiger partial charge in [0.1, 0.15) is 0 Å². The highest BCUT2D eigenvalue weighted by atomic mass is 16.5. The van der Waals surface area contributed by atoms with Crippen LogP contribution in [0.5, 0.6) is 0 Å². The van der Waals surface area contributed by atoms with Crippen LogP contribution in [0.2, 0.25) is 0 Å². The molecule has 3 N–H and O–H groups in total. The summed E-state index contributed by atoms with van der Waals surface area (Å²) in [6.45, 7) is 4.72. The van der Waals surface area contributed by atoms with E-state index in [4.69, 9.17) is 10.5 Å². The normalized spacial score (nSPS) is 19.9. The Kier molecular flexibility index (Phi) is 5.05. The lowest BCUT2D eigenvalue weighted by atomic mass is 10.2. The molecule has 88 valence electrons. The topological polar surface area (TPSA) is 64.3 Å². The van der Waals surface area contributed by atoms with Crippen LogP contribution in [0.3, 0.4) is 0 Å². The maximum atomic E-state index is 11.1. The highest BCUT2D eigenvalue weighted by Crippen LogP contribution is 2.19. The first-order valence-electron chi connectivity index (χ1n) is 5.80. The lowest BCUT2D eigenvalue weighted by Gasteiger charge is -2.16. The van der Waals surface area contributed by atoms with Crippen LogP contribution in [0.4, 0.5) is 0 Å². The van der Waals surface area contributed by atoms with E-state index in [0.29, 0.717) is 19.1 Å². The maximum absolute atomic E-state index is 11.1. The Hall–Kier alpha value is -0.610. The molecule has 0 bridgehead atoms. The summed E-state index contributed by atoms with van der Waals surface area (Å²) in [5, 5.41) is 3.23. The lowest BCUT2D eigenvalue weighted by molar-refractivity contribution is -0.120. The van der Waals surface area contributed by atoms with Crippen LogP contribution in [0, 0.1) is 0 Å².